The van der Waals surface area contributed by atoms with Crippen LogP contribution < -0.4 is 5.32 Å². The van der Waals surface area contributed by atoms with Gasteiger partial charge in [-0.25, -0.2) is 19.2 Å². The standard InChI is InChI=1S/C21H21FN4O5/c1-26-9-7-21(30,20(26)29)6-5-13-3-4-15(22)14(11-13)16-12-24-18(23-8-10-31-2)17(25-16)19(27)28/h3-4,11-12,30H,7-10H2,1-2H3,(H,23,24)(H,27,28)/t21-/m0/s1. The Bertz CT molecular complexity index is 1080. The van der Waals surface area contributed by atoms with Crippen molar-refractivity contribution < 1.29 is 28.9 Å². The molecule has 1 aromatic carbocycles. The predicted molar refractivity (Wildman–Crippen MR) is 109 cm³/mol. The largest absolute Gasteiger partial charge is 0.476 e. The van der Waals surface area contributed by atoms with Crippen LogP contribution in [0.2, 0.25) is 0 Å². The first-order valence-corrected chi connectivity index (χ1v) is 9.39. The maximum absolute atomic E-state index is 14.5. The van der Waals surface area contributed by atoms with E-state index in [9.17, 15) is 24.2 Å². The molecule has 1 amide bonds. The van der Waals surface area contributed by atoms with E-state index in [1.807, 2.05) is 0 Å². The number of halogens is 1. The zero-order valence-electron chi connectivity index (χ0n) is 17.0. The number of methoxy groups -OCH3 is 1. The van der Waals surface area contributed by atoms with Crippen LogP contribution in [-0.2, 0) is 9.53 Å². The molecule has 1 atom stereocenters. The summed E-state index contributed by atoms with van der Waals surface area (Å²) in [5.74, 6) is 2.83. The van der Waals surface area contributed by atoms with Gasteiger partial charge in [0.2, 0.25) is 5.60 Å². The van der Waals surface area contributed by atoms with E-state index in [1.54, 1.807) is 7.05 Å². The minimum absolute atomic E-state index is 0.00577. The van der Waals surface area contributed by atoms with E-state index in [2.05, 4.69) is 27.1 Å². The number of carboxylic acids is 1. The molecule has 1 aromatic heterocycles. The number of aromatic carboxylic acids is 1. The lowest BCUT2D eigenvalue weighted by molar-refractivity contribution is -0.137. The molecule has 31 heavy (non-hydrogen) atoms. The summed E-state index contributed by atoms with van der Waals surface area (Å²) >= 11 is 0. The van der Waals surface area contributed by atoms with Crippen LogP contribution in [0.1, 0.15) is 22.5 Å². The first-order chi connectivity index (χ1) is 14.7. The van der Waals surface area contributed by atoms with Crippen LogP contribution in [0.5, 0.6) is 0 Å². The van der Waals surface area contributed by atoms with E-state index in [4.69, 9.17) is 4.74 Å². The first-order valence-electron chi connectivity index (χ1n) is 9.39. The number of hydrogen-bond acceptors (Lipinski definition) is 7. The Labute approximate surface area is 177 Å². The van der Waals surface area contributed by atoms with Gasteiger partial charge < -0.3 is 25.2 Å². The van der Waals surface area contributed by atoms with Gasteiger partial charge in [0, 0.05) is 44.8 Å². The van der Waals surface area contributed by atoms with Crippen molar-refractivity contribution in [2.24, 2.45) is 0 Å². The normalized spacial score (nSPS) is 17.9. The quantitative estimate of drug-likeness (QED) is 0.460. The van der Waals surface area contributed by atoms with E-state index < -0.39 is 23.3 Å². The van der Waals surface area contributed by atoms with Crippen LogP contribution in [-0.4, -0.2) is 76.4 Å². The van der Waals surface area contributed by atoms with Crippen LogP contribution >= 0.6 is 0 Å². The number of ether oxygens (including phenoxy) is 1. The molecule has 0 spiro atoms. The molecule has 0 radical (unpaired) electrons. The van der Waals surface area contributed by atoms with Gasteiger partial charge in [-0.2, -0.15) is 0 Å². The molecule has 162 valence electrons. The van der Waals surface area contributed by atoms with Gasteiger partial charge in [-0.1, -0.05) is 11.8 Å². The van der Waals surface area contributed by atoms with Gasteiger partial charge >= 0.3 is 5.97 Å². The molecule has 0 aliphatic carbocycles. The SMILES string of the molecule is COCCNc1ncc(-c2cc(C#C[C@]3(O)CCN(C)C3=O)ccc2F)nc1C(=O)O. The molecule has 3 rings (SSSR count). The van der Waals surface area contributed by atoms with Crippen molar-refractivity contribution >= 4 is 17.7 Å². The van der Waals surface area contributed by atoms with E-state index >= 15 is 0 Å². The number of benzene rings is 1. The fraction of sp³-hybridized carbons (Fsp3) is 0.333. The third kappa shape index (κ3) is 4.79. The first kappa shape index (κ1) is 22.1. The number of likely N-dealkylation sites (tertiary alicyclic amines) is 1. The highest BCUT2D eigenvalue weighted by atomic mass is 19.1. The summed E-state index contributed by atoms with van der Waals surface area (Å²) in [6, 6.07) is 3.91. The van der Waals surface area contributed by atoms with Crippen LogP contribution in [0.15, 0.2) is 24.4 Å². The van der Waals surface area contributed by atoms with Crippen molar-refractivity contribution in [3.8, 4) is 23.1 Å². The van der Waals surface area contributed by atoms with Gasteiger partial charge in [-0.05, 0) is 18.2 Å². The summed E-state index contributed by atoms with van der Waals surface area (Å²) in [6.07, 6.45) is 1.43. The maximum Gasteiger partial charge on any atom is 0.358 e. The van der Waals surface area contributed by atoms with Crippen molar-refractivity contribution in [3.05, 3.63) is 41.5 Å². The molecule has 10 heteroatoms. The molecule has 1 saturated heterocycles. The Balaban J connectivity index is 1.94. The average Bonchev–Trinajstić information content (AvgIpc) is 3.01. The van der Waals surface area contributed by atoms with Crippen LogP contribution in [0.25, 0.3) is 11.3 Å². The van der Waals surface area contributed by atoms with Crippen molar-refractivity contribution in [2.75, 3.05) is 39.2 Å². The van der Waals surface area contributed by atoms with Crippen molar-refractivity contribution in [2.45, 2.75) is 12.0 Å². The number of carbonyl (C=O) groups is 2. The number of carboxylic acid groups (broad SMARTS) is 1. The summed E-state index contributed by atoms with van der Waals surface area (Å²) < 4.78 is 19.4. The number of nitrogens with zero attached hydrogens (tertiary/aromatic N) is 3. The van der Waals surface area contributed by atoms with Crippen LogP contribution in [0.3, 0.4) is 0 Å². The van der Waals surface area contributed by atoms with Crippen LogP contribution in [0.4, 0.5) is 10.2 Å². The zero-order valence-corrected chi connectivity index (χ0v) is 17.0. The van der Waals surface area contributed by atoms with Gasteiger partial charge in [-0.15, -0.1) is 0 Å². The Kier molecular flexibility index (Phi) is 6.48. The maximum atomic E-state index is 14.5. The fourth-order valence-corrected chi connectivity index (χ4v) is 3.01. The van der Waals surface area contributed by atoms with Crippen molar-refractivity contribution in [3.63, 3.8) is 0 Å². The summed E-state index contributed by atoms with van der Waals surface area (Å²) in [5, 5.41) is 22.7. The van der Waals surface area contributed by atoms with Gasteiger partial charge in [0.15, 0.2) is 11.5 Å². The highest BCUT2D eigenvalue weighted by molar-refractivity contribution is 5.92. The molecule has 2 heterocycles. The summed E-state index contributed by atoms with van der Waals surface area (Å²) in [6.45, 7) is 1.04. The highest BCUT2D eigenvalue weighted by Crippen LogP contribution is 2.25. The van der Waals surface area contributed by atoms with Crippen LogP contribution in [0, 0.1) is 17.7 Å². The molecular formula is C21H21FN4O5. The summed E-state index contributed by atoms with van der Waals surface area (Å²) in [5.41, 5.74) is -1.82. The third-order valence-corrected chi connectivity index (χ3v) is 4.74. The smallest absolute Gasteiger partial charge is 0.358 e. The predicted octanol–water partition coefficient (Wildman–Crippen LogP) is 0.984. The number of nitrogens with one attached hydrogen (secondary N) is 1. The van der Waals surface area contributed by atoms with Crippen molar-refractivity contribution in [1.82, 2.24) is 14.9 Å². The van der Waals surface area contributed by atoms with Gasteiger partial charge in [0.25, 0.3) is 5.91 Å². The molecule has 0 bridgehead atoms. The molecular weight excluding hydrogens is 407 g/mol. The number of likely N-dealkylation sites (N-methyl/N-ethyl adjacent to an activating group) is 1. The molecule has 1 aliphatic rings. The minimum Gasteiger partial charge on any atom is -0.476 e. The van der Waals surface area contributed by atoms with E-state index in [1.165, 1.54) is 30.3 Å². The third-order valence-electron chi connectivity index (χ3n) is 4.74. The van der Waals surface area contributed by atoms with Gasteiger partial charge in [0.05, 0.1) is 18.5 Å². The minimum atomic E-state index is -1.78. The Morgan fingerprint density at radius 1 is 1.45 bits per heavy atom. The second kappa shape index (κ2) is 9.07. The molecule has 1 fully saturated rings. The number of amides is 1. The Morgan fingerprint density at radius 2 is 2.23 bits per heavy atom. The molecule has 1 aliphatic heterocycles. The molecule has 9 nitrogen and oxygen atoms in total. The van der Waals surface area contributed by atoms with Crippen molar-refractivity contribution in [1.29, 1.82) is 0 Å². The number of rotatable bonds is 6. The summed E-state index contributed by atoms with van der Waals surface area (Å²) in [7, 11) is 3.08. The lowest BCUT2D eigenvalue weighted by Gasteiger charge is -2.13. The fourth-order valence-electron chi connectivity index (χ4n) is 3.01. The Hall–Kier alpha value is -3.55. The second-order valence-corrected chi connectivity index (χ2v) is 6.96. The average molecular weight is 428 g/mol. The lowest BCUT2D eigenvalue weighted by Crippen LogP contribution is -2.37. The zero-order chi connectivity index (χ0) is 22.6. The molecule has 2 aromatic rings. The number of hydrogen-bond donors (Lipinski definition) is 3. The Morgan fingerprint density at radius 3 is 2.87 bits per heavy atom. The second-order valence-electron chi connectivity index (χ2n) is 6.96. The summed E-state index contributed by atoms with van der Waals surface area (Å²) in [4.78, 5) is 33.1. The number of carbonyl (C=O) groups excluding carboxylic acids is 1. The lowest BCUT2D eigenvalue weighted by atomic mass is 10.0. The molecule has 3 N–H and O–H groups in total. The number of anilines is 1. The molecule has 0 unspecified atom stereocenters. The van der Waals surface area contributed by atoms with E-state index in [0.29, 0.717) is 25.3 Å². The number of aromatic nitrogens is 2. The highest BCUT2D eigenvalue weighted by Gasteiger charge is 2.42. The topological polar surface area (TPSA) is 125 Å². The van der Waals surface area contributed by atoms with E-state index in [-0.39, 0.29) is 29.2 Å². The van der Waals surface area contributed by atoms with E-state index in [0.717, 1.165) is 6.07 Å². The van der Waals surface area contributed by atoms with Gasteiger partial charge in [-0.3, -0.25) is 4.79 Å². The number of aliphatic hydroxyl groups is 1. The molecule has 0 saturated carbocycles. The monoisotopic (exact) mass is 428 g/mol. The van der Waals surface area contributed by atoms with Gasteiger partial charge in [0.1, 0.15) is 5.82 Å².